The third-order valence-corrected chi connectivity index (χ3v) is 2.76. The van der Waals surface area contributed by atoms with Crippen LogP contribution in [0, 0.1) is 0 Å². The van der Waals surface area contributed by atoms with Crippen LogP contribution in [0.4, 0.5) is 5.82 Å². The number of nitrogens with one attached hydrogen (secondary N) is 1. The number of benzene rings is 1. The zero-order valence-corrected chi connectivity index (χ0v) is 11.3. The van der Waals surface area contributed by atoms with E-state index in [0.29, 0.717) is 30.4 Å². The second-order valence-electron chi connectivity index (χ2n) is 3.87. The summed E-state index contributed by atoms with van der Waals surface area (Å²) in [6.45, 7) is 2.65. The van der Waals surface area contributed by atoms with Gasteiger partial charge in [0.15, 0.2) is 0 Å². The van der Waals surface area contributed by atoms with Crippen LogP contribution in [0.1, 0.15) is 13.3 Å². The Balaban J connectivity index is 2.06. The maximum Gasteiger partial charge on any atom is 0.307 e. The number of fused-ring (bicyclic) bond motifs is 1. The van der Waals surface area contributed by atoms with Crippen LogP contribution >= 0.6 is 11.6 Å². The molecule has 2 aromatic rings. The van der Waals surface area contributed by atoms with Gasteiger partial charge in [-0.15, -0.1) is 0 Å². The van der Waals surface area contributed by atoms with Gasteiger partial charge in [0.25, 0.3) is 0 Å². The lowest BCUT2D eigenvalue weighted by molar-refractivity contribution is -0.142. The summed E-state index contributed by atoms with van der Waals surface area (Å²) in [4.78, 5) is 19.5. The van der Waals surface area contributed by atoms with E-state index in [1.807, 2.05) is 6.07 Å². The van der Waals surface area contributed by atoms with Crippen LogP contribution in [0.15, 0.2) is 24.5 Å². The van der Waals surface area contributed by atoms with E-state index in [0.717, 1.165) is 10.9 Å². The number of ether oxygens (including phenoxy) is 1. The Hall–Kier alpha value is -1.88. The van der Waals surface area contributed by atoms with Gasteiger partial charge in [-0.3, -0.25) is 4.79 Å². The van der Waals surface area contributed by atoms with Crippen LogP contribution < -0.4 is 5.32 Å². The predicted octanol–water partition coefficient (Wildman–Crippen LogP) is 2.65. The molecule has 0 unspecified atom stereocenters. The van der Waals surface area contributed by atoms with Gasteiger partial charge in [-0.2, -0.15) is 0 Å². The molecule has 1 aromatic carbocycles. The van der Waals surface area contributed by atoms with Crippen molar-refractivity contribution in [2.75, 3.05) is 18.5 Å². The average Bonchev–Trinajstić information content (AvgIpc) is 2.39. The number of hydrogen-bond acceptors (Lipinski definition) is 5. The number of halogens is 1. The van der Waals surface area contributed by atoms with E-state index in [4.69, 9.17) is 16.3 Å². The third kappa shape index (κ3) is 3.54. The van der Waals surface area contributed by atoms with Gasteiger partial charge in [0, 0.05) is 17.0 Å². The Kier molecular flexibility index (Phi) is 4.52. The van der Waals surface area contributed by atoms with E-state index in [9.17, 15) is 4.79 Å². The van der Waals surface area contributed by atoms with E-state index in [1.165, 1.54) is 6.33 Å². The van der Waals surface area contributed by atoms with E-state index < -0.39 is 0 Å². The van der Waals surface area contributed by atoms with E-state index in [1.54, 1.807) is 19.1 Å². The third-order valence-electron chi connectivity index (χ3n) is 2.53. The molecule has 0 atom stereocenters. The molecule has 6 heteroatoms. The summed E-state index contributed by atoms with van der Waals surface area (Å²) in [5, 5.41) is 4.60. The number of carbonyl (C=O) groups excluding carboxylic acids is 1. The van der Waals surface area contributed by atoms with Gasteiger partial charge in [0.1, 0.15) is 12.1 Å². The van der Waals surface area contributed by atoms with Crippen molar-refractivity contribution in [2.24, 2.45) is 0 Å². The zero-order valence-electron chi connectivity index (χ0n) is 10.5. The normalized spacial score (nSPS) is 10.4. The van der Waals surface area contributed by atoms with Crippen LogP contribution in [0.5, 0.6) is 0 Å². The van der Waals surface area contributed by atoms with E-state index >= 15 is 0 Å². The lowest BCUT2D eigenvalue weighted by Gasteiger charge is -2.08. The van der Waals surface area contributed by atoms with Gasteiger partial charge >= 0.3 is 5.97 Å². The van der Waals surface area contributed by atoms with Crippen molar-refractivity contribution in [3.05, 3.63) is 29.5 Å². The molecule has 0 aliphatic rings. The Morgan fingerprint density at radius 3 is 3.05 bits per heavy atom. The molecule has 0 saturated carbocycles. The average molecular weight is 280 g/mol. The van der Waals surface area contributed by atoms with Crippen molar-refractivity contribution in [3.8, 4) is 0 Å². The summed E-state index contributed by atoms with van der Waals surface area (Å²) in [5.41, 5.74) is 0.765. The number of carbonyl (C=O) groups is 1. The molecule has 0 bridgehead atoms. The Morgan fingerprint density at radius 1 is 1.42 bits per heavy atom. The van der Waals surface area contributed by atoms with E-state index in [2.05, 4.69) is 15.3 Å². The Bertz CT molecular complexity index is 589. The van der Waals surface area contributed by atoms with Gasteiger partial charge in [-0.25, -0.2) is 9.97 Å². The minimum Gasteiger partial charge on any atom is -0.466 e. The highest BCUT2D eigenvalue weighted by atomic mass is 35.5. The summed E-state index contributed by atoms with van der Waals surface area (Å²) >= 11 is 5.91. The van der Waals surface area contributed by atoms with Crippen molar-refractivity contribution in [1.82, 2.24) is 9.97 Å². The molecule has 1 heterocycles. The first-order chi connectivity index (χ1) is 9.20. The van der Waals surface area contributed by atoms with Gasteiger partial charge in [-0.05, 0) is 25.1 Å². The van der Waals surface area contributed by atoms with Gasteiger partial charge in [-0.1, -0.05) is 11.6 Å². The largest absolute Gasteiger partial charge is 0.466 e. The number of nitrogens with zero attached hydrogens (tertiary/aromatic N) is 2. The second-order valence-corrected chi connectivity index (χ2v) is 4.30. The second kappa shape index (κ2) is 6.33. The van der Waals surface area contributed by atoms with Crippen molar-refractivity contribution in [2.45, 2.75) is 13.3 Å². The summed E-state index contributed by atoms with van der Waals surface area (Å²) in [6, 6.07) is 5.41. The SMILES string of the molecule is CCOC(=O)CCNc1ncnc2cc(Cl)ccc12. The minimum absolute atomic E-state index is 0.226. The van der Waals surface area contributed by atoms with Crippen LogP contribution in [0.2, 0.25) is 5.02 Å². The van der Waals surface area contributed by atoms with Crippen LogP contribution in [0.3, 0.4) is 0 Å². The summed E-state index contributed by atoms with van der Waals surface area (Å²) in [5.74, 6) is 0.461. The number of aromatic nitrogens is 2. The fourth-order valence-corrected chi connectivity index (χ4v) is 1.85. The Morgan fingerprint density at radius 2 is 2.26 bits per heavy atom. The number of anilines is 1. The minimum atomic E-state index is -0.226. The van der Waals surface area contributed by atoms with Crippen LogP contribution in [-0.4, -0.2) is 29.1 Å². The lowest BCUT2D eigenvalue weighted by atomic mass is 10.2. The first-order valence-corrected chi connectivity index (χ1v) is 6.38. The molecule has 0 aliphatic heterocycles. The van der Waals surface area contributed by atoms with Crippen molar-refractivity contribution in [3.63, 3.8) is 0 Å². The van der Waals surface area contributed by atoms with Crippen LogP contribution in [0.25, 0.3) is 10.9 Å². The smallest absolute Gasteiger partial charge is 0.307 e. The molecule has 5 nitrogen and oxygen atoms in total. The van der Waals surface area contributed by atoms with Crippen molar-refractivity contribution in [1.29, 1.82) is 0 Å². The highest BCUT2D eigenvalue weighted by molar-refractivity contribution is 6.31. The van der Waals surface area contributed by atoms with E-state index in [-0.39, 0.29) is 5.97 Å². The summed E-state index contributed by atoms with van der Waals surface area (Å²) < 4.78 is 4.85. The Labute approximate surface area is 116 Å². The fourth-order valence-electron chi connectivity index (χ4n) is 1.69. The lowest BCUT2D eigenvalue weighted by Crippen LogP contribution is -2.12. The first kappa shape index (κ1) is 13.5. The van der Waals surface area contributed by atoms with Gasteiger partial charge in [0.2, 0.25) is 0 Å². The highest BCUT2D eigenvalue weighted by Gasteiger charge is 2.05. The highest BCUT2D eigenvalue weighted by Crippen LogP contribution is 2.22. The molecular weight excluding hydrogens is 266 g/mol. The fraction of sp³-hybridized carbons (Fsp3) is 0.308. The topological polar surface area (TPSA) is 64.1 Å². The molecular formula is C13H14ClN3O2. The molecule has 0 saturated heterocycles. The van der Waals surface area contributed by atoms with Crippen molar-refractivity contribution >= 4 is 34.3 Å². The van der Waals surface area contributed by atoms with Crippen LogP contribution in [-0.2, 0) is 9.53 Å². The molecule has 19 heavy (non-hydrogen) atoms. The molecule has 1 aromatic heterocycles. The predicted molar refractivity (Wildman–Crippen MR) is 74.3 cm³/mol. The van der Waals surface area contributed by atoms with Gasteiger partial charge in [0.05, 0.1) is 18.5 Å². The molecule has 2 rings (SSSR count). The standard InChI is InChI=1S/C13H14ClN3O2/c1-2-19-12(18)5-6-15-13-10-4-3-9(14)7-11(10)16-8-17-13/h3-4,7-8H,2,5-6H2,1H3,(H,15,16,17). The molecule has 0 amide bonds. The quantitative estimate of drug-likeness (QED) is 0.853. The molecule has 0 spiro atoms. The molecule has 100 valence electrons. The molecule has 0 fully saturated rings. The monoisotopic (exact) mass is 279 g/mol. The zero-order chi connectivity index (χ0) is 13.7. The molecule has 0 radical (unpaired) electrons. The van der Waals surface area contributed by atoms with Gasteiger partial charge < -0.3 is 10.1 Å². The molecule has 1 N–H and O–H groups in total. The maximum absolute atomic E-state index is 11.2. The number of esters is 1. The molecule has 0 aliphatic carbocycles. The number of rotatable bonds is 5. The first-order valence-electron chi connectivity index (χ1n) is 6.00. The van der Waals surface area contributed by atoms with Crippen molar-refractivity contribution < 1.29 is 9.53 Å². The summed E-state index contributed by atoms with van der Waals surface area (Å²) in [6.07, 6.45) is 1.76. The number of hydrogen-bond donors (Lipinski definition) is 1. The maximum atomic E-state index is 11.2. The summed E-state index contributed by atoms with van der Waals surface area (Å²) in [7, 11) is 0.